The lowest BCUT2D eigenvalue weighted by Gasteiger charge is -2.37. The second-order valence-electron chi connectivity index (χ2n) is 5.99. The van der Waals surface area contributed by atoms with Gasteiger partial charge in [-0.05, 0) is 38.0 Å². The van der Waals surface area contributed by atoms with Gasteiger partial charge in [0.25, 0.3) is 5.97 Å². The summed E-state index contributed by atoms with van der Waals surface area (Å²) < 4.78 is 58.0. The van der Waals surface area contributed by atoms with Crippen molar-refractivity contribution in [3.8, 4) is 11.1 Å². The maximum atomic E-state index is 14.0. The van der Waals surface area contributed by atoms with Crippen molar-refractivity contribution < 1.29 is 27.4 Å². The van der Waals surface area contributed by atoms with Gasteiger partial charge in [0, 0.05) is 31.5 Å². The Labute approximate surface area is 158 Å². The summed E-state index contributed by atoms with van der Waals surface area (Å²) >= 11 is 0. The van der Waals surface area contributed by atoms with Gasteiger partial charge in [-0.3, -0.25) is 0 Å². The summed E-state index contributed by atoms with van der Waals surface area (Å²) in [5, 5.41) is 0. The third-order valence-electron chi connectivity index (χ3n) is 4.30. The Morgan fingerprint density at radius 1 is 0.778 bits per heavy atom. The van der Waals surface area contributed by atoms with E-state index in [1.165, 1.54) is 0 Å². The van der Waals surface area contributed by atoms with Gasteiger partial charge in [-0.25, -0.2) is 13.2 Å². The first-order valence-corrected chi connectivity index (χ1v) is 9.05. The van der Waals surface area contributed by atoms with Crippen molar-refractivity contribution in [2.75, 3.05) is 19.8 Å². The Hall–Kier alpha value is -1.89. The van der Waals surface area contributed by atoms with E-state index in [0.717, 1.165) is 11.6 Å². The lowest BCUT2D eigenvalue weighted by Crippen LogP contribution is -2.44. The first kappa shape index (κ1) is 21.4. The van der Waals surface area contributed by atoms with E-state index in [2.05, 4.69) is 0 Å². The Morgan fingerprint density at radius 3 is 1.74 bits per heavy atom. The van der Waals surface area contributed by atoms with Crippen LogP contribution in [0.1, 0.15) is 39.2 Å². The van der Waals surface area contributed by atoms with Crippen LogP contribution in [0.25, 0.3) is 11.1 Å². The molecule has 148 valence electrons. The molecule has 0 aliphatic carbocycles. The highest BCUT2D eigenvalue weighted by Crippen LogP contribution is 2.35. The molecule has 2 aromatic carbocycles. The van der Waals surface area contributed by atoms with Crippen molar-refractivity contribution in [3.05, 3.63) is 59.4 Å². The maximum absolute atomic E-state index is 14.0. The van der Waals surface area contributed by atoms with Gasteiger partial charge in [-0.15, -0.1) is 0 Å². The lowest BCUT2D eigenvalue weighted by molar-refractivity contribution is -0.386. The van der Waals surface area contributed by atoms with Crippen molar-refractivity contribution in [1.29, 1.82) is 0 Å². The Balaban J connectivity index is 2.36. The minimum absolute atomic E-state index is 0.00112. The minimum Gasteiger partial charge on any atom is -0.327 e. The molecule has 3 nitrogen and oxygen atoms in total. The summed E-state index contributed by atoms with van der Waals surface area (Å²) in [6.45, 7) is 8.69. The molecule has 2 aromatic rings. The molecule has 2 rings (SSSR count). The van der Waals surface area contributed by atoms with Gasteiger partial charge in [0.05, 0.1) is 5.92 Å². The summed E-state index contributed by atoms with van der Waals surface area (Å²) in [6, 6.07) is 8.24. The summed E-state index contributed by atoms with van der Waals surface area (Å²) in [5.74, 6) is -4.63. The third-order valence-corrected chi connectivity index (χ3v) is 4.30. The highest BCUT2D eigenvalue weighted by Gasteiger charge is 2.40. The van der Waals surface area contributed by atoms with Crippen molar-refractivity contribution in [2.45, 2.75) is 39.6 Å². The third kappa shape index (κ3) is 4.69. The molecule has 27 heavy (non-hydrogen) atoms. The molecular formula is C21H25F3O3. The van der Waals surface area contributed by atoms with Crippen LogP contribution in [0.3, 0.4) is 0 Å². The summed E-state index contributed by atoms with van der Waals surface area (Å²) in [7, 11) is 0. The molecule has 0 radical (unpaired) electrons. The van der Waals surface area contributed by atoms with Crippen LogP contribution in [0, 0.1) is 17.5 Å². The first-order chi connectivity index (χ1) is 12.9. The Morgan fingerprint density at radius 2 is 1.26 bits per heavy atom. The topological polar surface area (TPSA) is 27.7 Å². The average Bonchev–Trinajstić information content (AvgIpc) is 2.65. The molecule has 0 N–H and O–H groups in total. The van der Waals surface area contributed by atoms with Crippen molar-refractivity contribution in [3.63, 3.8) is 0 Å². The van der Waals surface area contributed by atoms with Crippen molar-refractivity contribution in [2.24, 2.45) is 0 Å². The predicted molar refractivity (Wildman–Crippen MR) is 97.8 cm³/mol. The van der Waals surface area contributed by atoms with Gasteiger partial charge < -0.3 is 14.2 Å². The quantitative estimate of drug-likeness (QED) is 0.415. The van der Waals surface area contributed by atoms with E-state index in [4.69, 9.17) is 14.2 Å². The molecule has 0 heterocycles. The minimum atomic E-state index is -1.23. The fourth-order valence-electron chi connectivity index (χ4n) is 3.00. The Kier molecular flexibility index (Phi) is 7.41. The van der Waals surface area contributed by atoms with E-state index in [-0.39, 0.29) is 11.5 Å². The summed E-state index contributed by atoms with van der Waals surface area (Å²) in [5.41, 5.74) is 1.29. The van der Waals surface area contributed by atoms with E-state index in [1.54, 1.807) is 24.3 Å². The van der Waals surface area contributed by atoms with Crippen LogP contribution in [0.2, 0.25) is 0 Å². The van der Waals surface area contributed by atoms with Crippen molar-refractivity contribution in [1.82, 2.24) is 0 Å². The van der Waals surface area contributed by atoms with Gasteiger partial charge >= 0.3 is 0 Å². The molecule has 0 saturated heterocycles. The van der Waals surface area contributed by atoms with Crippen LogP contribution in [0.4, 0.5) is 13.2 Å². The van der Waals surface area contributed by atoms with Crippen LogP contribution >= 0.6 is 0 Å². The second kappa shape index (κ2) is 9.35. The van der Waals surface area contributed by atoms with E-state index in [0.29, 0.717) is 31.5 Å². The molecule has 0 aliphatic rings. The standard InChI is InChI=1S/C21H25F3O3/c1-5-25-21(26-6-2,27-7-3)14(4)15-8-10-16(11-9-15)17-12-19(23)20(24)13-18(17)22/h8-14H,5-7H2,1-4H3. The number of hydrogen-bond donors (Lipinski definition) is 0. The number of rotatable bonds is 9. The molecule has 1 unspecified atom stereocenters. The van der Waals surface area contributed by atoms with Crippen LogP contribution in [0.5, 0.6) is 0 Å². The van der Waals surface area contributed by atoms with Gasteiger partial charge in [0.2, 0.25) is 0 Å². The summed E-state index contributed by atoms with van der Waals surface area (Å²) in [6.07, 6.45) is 0. The maximum Gasteiger partial charge on any atom is 0.289 e. The monoisotopic (exact) mass is 382 g/mol. The van der Waals surface area contributed by atoms with Gasteiger partial charge in [-0.1, -0.05) is 31.2 Å². The second-order valence-corrected chi connectivity index (χ2v) is 5.99. The molecule has 0 spiro atoms. The van der Waals surface area contributed by atoms with E-state index in [9.17, 15) is 13.2 Å². The number of hydrogen-bond acceptors (Lipinski definition) is 3. The van der Waals surface area contributed by atoms with Gasteiger partial charge in [-0.2, -0.15) is 0 Å². The zero-order valence-corrected chi connectivity index (χ0v) is 16.0. The van der Waals surface area contributed by atoms with Crippen LogP contribution in [0.15, 0.2) is 36.4 Å². The molecular weight excluding hydrogens is 357 g/mol. The highest BCUT2D eigenvalue weighted by molar-refractivity contribution is 5.64. The average molecular weight is 382 g/mol. The number of ether oxygens (including phenoxy) is 3. The predicted octanol–water partition coefficient (Wildman–Crippen LogP) is 5.64. The SMILES string of the molecule is CCOC(OCC)(OCC)C(C)c1ccc(-c2cc(F)c(F)cc2F)cc1. The van der Waals surface area contributed by atoms with Gasteiger partial charge in [0.1, 0.15) is 5.82 Å². The van der Waals surface area contributed by atoms with Crippen LogP contribution in [-0.4, -0.2) is 25.8 Å². The van der Waals surface area contributed by atoms with E-state index >= 15 is 0 Å². The fourth-order valence-corrected chi connectivity index (χ4v) is 3.00. The lowest BCUT2D eigenvalue weighted by atomic mass is 9.95. The molecule has 1 atom stereocenters. The molecule has 0 amide bonds. The van der Waals surface area contributed by atoms with E-state index < -0.39 is 23.4 Å². The first-order valence-electron chi connectivity index (χ1n) is 9.05. The molecule has 0 aromatic heterocycles. The molecule has 0 fully saturated rings. The molecule has 0 bridgehead atoms. The normalized spacial score (nSPS) is 13.0. The largest absolute Gasteiger partial charge is 0.327 e. The molecule has 0 saturated carbocycles. The molecule has 6 heteroatoms. The fraction of sp³-hybridized carbons (Fsp3) is 0.429. The number of halogens is 3. The molecule has 0 aliphatic heterocycles. The van der Waals surface area contributed by atoms with Crippen LogP contribution in [-0.2, 0) is 14.2 Å². The van der Waals surface area contributed by atoms with Crippen molar-refractivity contribution >= 4 is 0 Å². The highest BCUT2D eigenvalue weighted by atomic mass is 19.2. The van der Waals surface area contributed by atoms with Gasteiger partial charge in [0.15, 0.2) is 11.6 Å². The van der Waals surface area contributed by atoms with E-state index in [1.807, 2.05) is 27.7 Å². The number of benzene rings is 2. The zero-order valence-electron chi connectivity index (χ0n) is 16.0. The summed E-state index contributed by atoms with van der Waals surface area (Å²) in [4.78, 5) is 0. The Bertz CT molecular complexity index is 730. The smallest absolute Gasteiger partial charge is 0.289 e. The van der Waals surface area contributed by atoms with Crippen LogP contribution < -0.4 is 0 Å². The zero-order chi connectivity index (χ0) is 20.0.